The van der Waals surface area contributed by atoms with Gasteiger partial charge in [-0.1, -0.05) is 19.1 Å². The molecule has 0 saturated carbocycles. The van der Waals surface area contributed by atoms with E-state index in [4.69, 9.17) is 4.74 Å². The van der Waals surface area contributed by atoms with E-state index in [1.165, 1.54) is 17.4 Å². The second kappa shape index (κ2) is 8.47. The average molecular weight is 399 g/mol. The van der Waals surface area contributed by atoms with Crippen LogP contribution in [0.2, 0.25) is 0 Å². The van der Waals surface area contributed by atoms with Gasteiger partial charge in [-0.25, -0.2) is 12.8 Å². The number of piperazine rings is 1. The maximum Gasteiger partial charge on any atom is 0.252 e. The van der Waals surface area contributed by atoms with Gasteiger partial charge in [0.1, 0.15) is 10.8 Å². The number of aryl methyl sites for hydroxylation is 1. The lowest BCUT2D eigenvalue weighted by molar-refractivity contribution is 0.157. The number of para-hydroxylation sites is 1. The van der Waals surface area contributed by atoms with Crippen LogP contribution in [0.1, 0.15) is 11.8 Å². The molecule has 1 fully saturated rings. The van der Waals surface area contributed by atoms with Gasteiger partial charge < -0.3 is 4.74 Å². The highest BCUT2D eigenvalue weighted by Crippen LogP contribution is 2.26. The van der Waals surface area contributed by atoms with E-state index in [0.29, 0.717) is 43.5 Å². The number of hydrogen-bond donors (Lipinski definition) is 0. The molecular formula is C18H23FN2O3S2. The van der Waals surface area contributed by atoms with E-state index >= 15 is 0 Å². The number of hydrogen-bond acceptors (Lipinski definition) is 5. The zero-order chi connectivity index (χ0) is 18.6. The van der Waals surface area contributed by atoms with Gasteiger partial charge in [-0.05, 0) is 30.7 Å². The van der Waals surface area contributed by atoms with Crippen molar-refractivity contribution >= 4 is 21.4 Å². The van der Waals surface area contributed by atoms with Crippen LogP contribution in [0.25, 0.3) is 0 Å². The van der Waals surface area contributed by atoms with Crippen molar-refractivity contribution in [2.75, 3.05) is 39.3 Å². The molecule has 3 rings (SSSR count). The Bertz CT molecular complexity index is 830. The highest BCUT2D eigenvalue weighted by molar-refractivity contribution is 7.91. The van der Waals surface area contributed by atoms with E-state index in [1.807, 2.05) is 13.0 Å². The fourth-order valence-electron chi connectivity index (χ4n) is 2.85. The van der Waals surface area contributed by atoms with Crippen molar-refractivity contribution in [3.63, 3.8) is 0 Å². The Labute approximate surface area is 158 Å². The monoisotopic (exact) mass is 398 g/mol. The fourth-order valence-corrected chi connectivity index (χ4v) is 5.73. The van der Waals surface area contributed by atoms with Gasteiger partial charge in [0.25, 0.3) is 10.0 Å². The van der Waals surface area contributed by atoms with Crippen molar-refractivity contribution in [1.82, 2.24) is 9.21 Å². The van der Waals surface area contributed by atoms with E-state index in [9.17, 15) is 12.8 Å². The Morgan fingerprint density at radius 3 is 2.50 bits per heavy atom. The molecule has 2 heterocycles. The Morgan fingerprint density at radius 1 is 1.12 bits per heavy atom. The topological polar surface area (TPSA) is 49.9 Å². The van der Waals surface area contributed by atoms with Crippen LogP contribution in [-0.4, -0.2) is 57.0 Å². The zero-order valence-corrected chi connectivity index (χ0v) is 16.4. The predicted molar refractivity (Wildman–Crippen MR) is 101 cm³/mol. The number of nitrogens with zero attached hydrogens (tertiary/aromatic N) is 2. The second-order valence-corrected chi connectivity index (χ2v) is 9.43. The minimum absolute atomic E-state index is 0.248. The van der Waals surface area contributed by atoms with Gasteiger partial charge in [-0.15, -0.1) is 11.3 Å². The number of thiophene rings is 1. The van der Waals surface area contributed by atoms with Gasteiger partial charge in [0.05, 0.1) is 0 Å². The highest BCUT2D eigenvalue weighted by Gasteiger charge is 2.29. The van der Waals surface area contributed by atoms with Gasteiger partial charge in [-0.3, -0.25) is 4.90 Å². The first-order valence-electron chi connectivity index (χ1n) is 8.69. The first-order valence-corrected chi connectivity index (χ1v) is 10.9. The number of rotatable bonds is 7. The summed E-state index contributed by atoms with van der Waals surface area (Å²) in [7, 11) is -3.40. The van der Waals surface area contributed by atoms with Gasteiger partial charge in [0.15, 0.2) is 11.6 Å². The molecule has 2 aromatic rings. The summed E-state index contributed by atoms with van der Waals surface area (Å²) >= 11 is 1.35. The summed E-state index contributed by atoms with van der Waals surface area (Å²) in [6.07, 6.45) is 0.843. The summed E-state index contributed by atoms with van der Waals surface area (Å²) in [5, 5.41) is 0. The third kappa shape index (κ3) is 4.43. The maximum atomic E-state index is 13.5. The molecule has 1 aromatic carbocycles. The Hall–Kier alpha value is -1.48. The molecule has 8 heteroatoms. The number of sulfonamides is 1. The third-order valence-electron chi connectivity index (χ3n) is 4.41. The molecule has 0 radical (unpaired) electrons. The second-order valence-electron chi connectivity index (χ2n) is 6.10. The van der Waals surface area contributed by atoms with Crippen LogP contribution in [-0.2, 0) is 16.4 Å². The molecule has 0 atom stereocenters. The lowest BCUT2D eigenvalue weighted by Crippen LogP contribution is -2.49. The minimum Gasteiger partial charge on any atom is -0.489 e. The molecule has 0 aliphatic carbocycles. The van der Waals surface area contributed by atoms with Crippen molar-refractivity contribution in [2.24, 2.45) is 0 Å². The van der Waals surface area contributed by atoms with Crippen molar-refractivity contribution in [3.8, 4) is 5.75 Å². The Kier molecular flexibility index (Phi) is 6.29. The van der Waals surface area contributed by atoms with Crippen LogP contribution in [0.15, 0.2) is 40.6 Å². The summed E-state index contributed by atoms with van der Waals surface area (Å²) in [5.74, 6) is -0.121. The highest BCUT2D eigenvalue weighted by atomic mass is 32.2. The summed E-state index contributed by atoms with van der Waals surface area (Å²) in [4.78, 5) is 3.21. The number of ether oxygens (including phenoxy) is 1. The van der Waals surface area contributed by atoms with Gasteiger partial charge in [0.2, 0.25) is 0 Å². The molecule has 1 aromatic heterocycles. The first kappa shape index (κ1) is 19.3. The first-order chi connectivity index (χ1) is 12.5. The zero-order valence-electron chi connectivity index (χ0n) is 14.7. The Morgan fingerprint density at radius 2 is 1.85 bits per heavy atom. The van der Waals surface area contributed by atoms with E-state index in [1.54, 1.807) is 28.6 Å². The molecule has 0 bridgehead atoms. The van der Waals surface area contributed by atoms with Gasteiger partial charge >= 0.3 is 0 Å². The summed E-state index contributed by atoms with van der Waals surface area (Å²) in [6, 6.07) is 9.91. The minimum atomic E-state index is -3.40. The third-order valence-corrected chi connectivity index (χ3v) is 8.01. The quantitative estimate of drug-likeness (QED) is 0.720. The van der Waals surface area contributed by atoms with Crippen LogP contribution in [0.3, 0.4) is 0 Å². The van der Waals surface area contributed by atoms with Crippen molar-refractivity contribution < 1.29 is 17.5 Å². The van der Waals surface area contributed by atoms with Crippen molar-refractivity contribution in [3.05, 3.63) is 47.1 Å². The van der Waals surface area contributed by atoms with Crippen LogP contribution in [0.4, 0.5) is 4.39 Å². The van der Waals surface area contributed by atoms with Crippen molar-refractivity contribution in [2.45, 2.75) is 17.6 Å². The smallest absolute Gasteiger partial charge is 0.252 e. The molecule has 1 aliphatic heterocycles. The lowest BCUT2D eigenvalue weighted by Gasteiger charge is -2.33. The fraction of sp³-hybridized carbons (Fsp3) is 0.444. The number of benzene rings is 1. The van der Waals surface area contributed by atoms with E-state index < -0.39 is 10.0 Å². The molecule has 0 spiro atoms. The largest absolute Gasteiger partial charge is 0.489 e. The summed E-state index contributed by atoms with van der Waals surface area (Å²) < 4.78 is 46.4. The molecular weight excluding hydrogens is 375 g/mol. The van der Waals surface area contributed by atoms with E-state index in [2.05, 4.69) is 4.90 Å². The SMILES string of the molecule is CCc1ccc(S(=O)(=O)N2CCN(CCOc3ccccc3F)CC2)s1. The van der Waals surface area contributed by atoms with Gasteiger partial charge in [-0.2, -0.15) is 4.31 Å². The molecule has 5 nitrogen and oxygen atoms in total. The summed E-state index contributed by atoms with van der Waals surface area (Å²) in [5.41, 5.74) is 0. The molecule has 142 valence electrons. The molecule has 1 saturated heterocycles. The molecule has 1 aliphatic rings. The average Bonchev–Trinajstić information content (AvgIpc) is 3.14. The Balaban J connectivity index is 1.48. The molecule has 0 N–H and O–H groups in total. The lowest BCUT2D eigenvalue weighted by atomic mass is 10.3. The molecule has 0 unspecified atom stereocenters. The molecule has 0 amide bonds. The van der Waals surface area contributed by atoms with Crippen LogP contribution < -0.4 is 4.74 Å². The van der Waals surface area contributed by atoms with Crippen LogP contribution >= 0.6 is 11.3 Å². The predicted octanol–water partition coefficient (Wildman–Crippen LogP) is 2.83. The van der Waals surface area contributed by atoms with E-state index in [-0.39, 0.29) is 11.6 Å². The van der Waals surface area contributed by atoms with E-state index in [0.717, 1.165) is 11.3 Å². The van der Waals surface area contributed by atoms with Gasteiger partial charge in [0, 0.05) is 37.6 Å². The van der Waals surface area contributed by atoms with Crippen LogP contribution in [0.5, 0.6) is 5.75 Å². The number of halogens is 1. The van der Waals surface area contributed by atoms with Crippen molar-refractivity contribution in [1.29, 1.82) is 0 Å². The van der Waals surface area contributed by atoms with Crippen LogP contribution in [0, 0.1) is 5.82 Å². The normalized spacial score (nSPS) is 16.7. The summed E-state index contributed by atoms with van der Waals surface area (Å²) in [6.45, 7) is 5.24. The standard InChI is InChI=1S/C18H23FN2O3S2/c1-2-15-7-8-18(25-15)26(22,23)21-11-9-20(10-12-21)13-14-24-17-6-4-3-5-16(17)19/h3-8H,2,9-14H2,1H3. The maximum absolute atomic E-state index is 13.5. The molecule has 26 heavy (non-hydrogen) atoms.